The monoisotopic (exact) mass is 724 g/mol. The lowest BCUT2D eigenvalue weighted by molar-refractivity contribution is 1.48. The van der Waals surface area contributed by atoms with Crippen molar-refractivity contribution in [1.82, 2.24) is 0 Å². The third-order valence-corrected chi connectivity index (χ3v) is 11.4. The summed E-state index contributed by atoms with van der Waals surface area (Å²) in [6.45, 7) is 2.08. The van der Waals surface area contributed by atoms with Gasteiger partial charge < -0.3 is 0 Å². The lowest BCUT2D eigenvalue weighted by Gasteiger charge is -2.17. The highest BCUT2D eigenvalue weighted by Crippen LogP contribution is 2.43. The molecule has 0 fully saturated rings. The smallest absolute Gasteiger partial charge is 0.00923 e. The third-order valence-electron chi connectivity index (χ3n) is 11.4. The van der Waals surface area contributed by atoms with E-state index < -0.39 is 0 Å². The van der Waals surface area contributed by atoms with Gasteiger partial charge in [0.25, 0.3) is 0 Å². The van der Waals surface area contributed by atoms with Gasteiger partial charge in [0.1, 0.15) is 0 Å². The predicted octanol–water partition coefficient (Wildman–Crippen LogP) is 16.1. The van der Waals surface area contributed by atoms with Crippen molar-refractivity contribution in [3.8, 4) is 44.5 Å². The van der Waals surface area contributed by atoms with E-state index in [2.05, 4.69) is 213 Å². The number of rotatable bonds is 4. The molecule has 11 rings (SSSR count). The average molecular weight is 725 g/mol. The van der Waals surface area contributed by atoms with Crippen LogP contribution in [-0.2, 0) is 0 Å². The summed E-state index contributed by atoms with van der Waals surface area (Å²) >= 11 is 0. The molecule has 11 aromatic rings. The van der Waals surface area contributed by atoms with Crippen molar-refractivity contribution < 1.29 is 0 Å². The minimum atomic E-state index is 1.23. The van der Waals surface area contributed by atoms with Crippen molar-refractivity contribution >= 4 is 53.9 Å². The molecule has 0 bridgehead atoms. The molecule has 0 nitrogen and oxygen atoms in total. The molecule has 0 atom stereocenters. The van der Waals surface area contributed by atoms with Gasteiger partial charge in [-0.05, 0) is 130 Å². The molecule has 0 N–H and O–H groups in total. The lowest BCUT2D eigenvalue weighted by Crippen LogP contribution is -1.90. The number of hydrogen-bond acceptors (Lipinski definition) is 0. The second-order valence-electron chi connectivity index (χ2n) is 14.9. The van der Waals surface area contributed by atoms with Crippen molar-refractivity contribution in [2.24, 2.45) is 0 Å². The summed E-state index contributed by atoms with van der Waals surface area (Å²) in [5, 5.41) is 12.7. The van der Waals surface area contributed by atoms with Gasteiger partial charge in [0.15, 0.2) is 0 Å². The Hall–Kier alpha value is -7.28. The number of fused-ring (bicyclic) bond motifs is 7. The maximum atomic E-state index is 2.43. The fraction of sp³-hybridized carbons (Fsp3) is 0.0175. The van der Waals surface area contributed by atoms with Crippen LogP contribution in [0.4, 0.5) is 0 Å². The van der Waals surface area contributed by atoms with Gasteiger partial charge in [0.05, 0.1) is 0 Å². The summed E-state index contributed by atoms with van der Waals surface area (Å²) in [4.78, 5) is 0. The molecule has 0 spiro atoms. The van der Waals surface area contributed by atoms with Gasteiger partial charge in [-0.2, -0.15) is 0 Å². The van der Waals surface area contributed by atoms with E-state index in [0.717, 1.165) is 0 Å². The first-order valence-corrected chi connectivity index (χ1v) is 19.8. The molecule has 0 aliphatic rings. The highest BCUT2D eigenvalue weighted by molar-refractivity contribution is 6.24. The van der Waals surface area contributed by atoms with Crippen LogP contribution in [0.25, 0.3) is 98.4 Å². The minimum Gasteiger partial charge on any atom is -0.0622 e. The third kappa shape index (κ3) is 6.42. The molecule has 0 saturated carbocycles. The molecule has 11 aromatic carbocycles. The van der Waals surface area contributed by atoms with Gasteiger partial charge in [-0.25, -0.2) is 0 Å². The summed E-state index contributed by atoms with van der Waals surface area (Å²) in [6, 6.07) is 81.6. The van der Waals surface area contributed by atoms with Gasteiger partial charge in [-0.15, -0.1) is 0 Å². The Balaban J connectivity index is 0.000000514. The second kappa shape index (κ2) is 14.8. The SMILES string of the molecule is Cc1ccccc1.c1cc(-c2cccc3ccccc23)cc(-c2cc3c4ccccc4c(-c4cccc(-c5cccc6ccccc56)c4)cc3c3ccccc23)c1. The first-order chi connectivity index (χ1) is 28.2. The molecule has 0 heteroatoms. The van der Waals surface area contributed by atoms with E-state index in [9.17, 15) is 0 Å². The Labute approximate surface area is 333 Å². The van der Waals surface area contributed by atoms with Gasteiger partial charge >= 0.3 is 0 Å². The Kier molecular flexibility index (Phi) is 8.86. The zero-order valence-electron chi connectivity index (χ0n) is 31.9. The van der Waals surface area contributed by atoms with E-state index in [1.54, 1.807) is 0 Å². The van der Waals surface area contributed by atoms with Gasteiger partial charge in [-0.1, -0.05) is 206 Å². The average Bonchev–Trinajstić information content (AvgIpc) is 3.28. The Morgan fingerprint density at radius 3 is 0.965 bits per heavy atom. The maximum absolute atomic E-state index is 2.43. The summed E-state index contributed by atoms with van der Waals surface area (Å²) < 4.78 is 0. The van der Waals surface area contributed by atoms with Crippen molar-refractivity contribution in [2.45, 2.75) is 6.92 Å². The summed E-state index contributed by atoms with van der Waals surface area (Å²) in [7, 11) is 0. The molecule has 0 unspecified atom stereocenters. The molecule has 0 amide bonds. The molecule has 0 aliphatic heterocycles. The highest BCUT2D eigenvalue weighted by atomic mass is 14.2. The highest BCUT2D eigenvalue weighted by Gasteiger charge is 2.16. The normalized spacial score (nSPS) is 11.2. The lowest BCUT2D eigenvalue weighted by atomic mass is 9.86. The van der Waals surface area contributed by atoms with Gasteiger partial charge in [0, 0.05) is 0 Å². The van der Waals surface area contributed by atoms with E-state index in [1.807, 2.05) is 18.2 Å². The van der Waals surface area contributed by atoms with Crippen LogP contribution < -0.4 is 0 Å². The van der Waals surface area contributed by atoms with E-state index in [-0.39, 0.29) is 0 Å². The van der Waals surface area contributed by atoms with E-state index in [0.29, 0.717) is 0 Å². The predicted molar refractivity (Wildman–Crippen MR) is 247 cm³/mol. The minimum absolute atomic E-state index is 1.23. The molecule has 0 aliphatic carbocycles. The molecule has 268 valence electrons. The van der Waals surface area contributed by atoms with E-state index in [1.165, 1.54) is 104 Å². The van der Waals surface area contributed by atoms with E-state index >= 15 is 0 Å². The van der Waals surface area contributed by atoms with E-state index in [4.69, 9.17) is 0 Å². The molecule has 0 heterocycles. The molecule has 0 saturated heterocycles. The largest absolute Gasteiger partial charge is 0.0622 e. The standard InChI is InChI=1S/C50H32.C7H8/c1-3-21-39-33(13-1)15-11-27-41(39)35-17-9-19-37(29-35)47-31-49-46-26-8-6-24-44(46)48(32-50(49)45-25-7-5-23-43(45)47)38-20-10-18-36(30-38)42-28-12-16-34-14-2-4-22-40(34)42;1-7-5-3-2-4-6-7/h1-32H;2-6H,1H3. The van der Waals surface area contributed by atoms with Gasteiger partial charge in [-0.3, -0.25) is 0 Å². The summed E-state index contributed by atoms with van der Waals surface area (Å²) in [6.07, 6.45) is 0. The van der Waals surface area contributed by atoms with Crippen LogP contribution in [0, 0.1) is 6.92 Å². The van der Waals surface area contributed by atoms with Crippen LogP contribution in [0.5, 0.6) is 0 Å². The number of hydrogen-bond donors (Lipinski definition) is 0. The van der Waals surface area contributed by atoms with Crippen molar-refractivity contribution in [2.75, 3.05) is 0 Å². The Morgan fingerprint density at radius 1 is 0.211 bits per heavy atom. The second-order valence-corrected chi connectivity index (χ2v) is 14.9. The summed E-state index contributed by atoms with van der Waals surface area (Å²) in [5.74, 6) is 0. The molecule has 0 aromatic heterocycles. The molecular formula is C57H40. The van der Waals surface area contributed by atoms with Crippen LogP contribution in [0.1, 0.15) is 5.56 Å². The van der Waals surface area contributed by atoms with Gasteiger partial charge in [0.2, 0.25) is 0 Å². The van der Waals surface area contributed by atoms with Crippen LogP contribution in [0.2, 0.25) is 0 Å². The first kappa shape index (κ1) is 34.2. The zero-order valence-corrected chi connectivity index (χ0v) is 31.9. The molecular weight excluding hydrogens is 685 g/mol. The fourth-order valence-corrected chi connectivity index (χ4v) is 8.63. The van der Waals surface area contributed by atoms with Crippen molar-refractivity contribution in [1.29, 1.82) is 0 Å². The maximum Gasteiger partial charge on any atom is -0.00923 e. The number of benzene rings is 11. The van der Waals surface area contributed by atoms with Crippen molar-refractivity contribution in [3.05, 3.63) is 230 Å². The topological polar surface area (TPSA) is 0 Å². The molecule has 0 radical (unpaired) electrons. The van der Waals surface area contributed by atoms with Crippen LogP contribution in [-0.4, -0.2) is 0 Å². The van der Waals surface area contributed by atoms with Crippen LogP contribution in [0.15, 0.2) is 224 Å². The van der Waals surface area contributed by atoms with Crippen LogP contribution in [0.3, 0.4) is 0 Å². The zero-order chi connectivity index (χ0) is 38.1. The quantitative estimate of drug-likeness (QED) is 0.159. The fourth-order valence-electron chi connectivity index (χ4n) is 8.63. The number of aryl methyl sites for hydroxylation is 1. The van der Waals surface area contributed by atoms with Crippen molar-refractivity contribution in [3.63, 3.8) is 0 Å². The Morgan fingerprint density at radius 2 is 0.544 bits per heavy atom. The van der Waals surface area contributed by atoms with Crippen LogP contribution >= 0.6 is 0 Å². The molecule has 57 heavy (non-hydrogen) atoms. The first-order valence-electron chi connectivity index (χ1n) is 19.8. The Bertz CT molecular complexity index is 3030. The summed E-state index contributed by atoms with van der Waals surface area (Å²) in [5.41, 5.74) is 11.3.